The lowest BCUT2D eigenvalue weighted by molar-refractivity contribution is -0.302. The first-order valence-corrected chi connectivity index (χ1v) is 38.1. The van der Waals surface area contributed by atoms with E-state index < -0.39 is 49.5 Å². The molecular formula is C81H143NO8. The number of carbonyl (C=O) groups excluding carboxylic acids is 1. The van der Waals surface area contributed by atoms with Crippen molar-refractivity contribution in [1.82, 2.24) is 5.32 Å². The molecule has 9 heteroatoms. The zero-order chi connectivity index (χ0) is 64.9. The van der Waals surface area contributed by atoms with E-state index in [1.54, 1.807) is 0 Å². The Hall–Kier alpha value is -3.15. The van der Waals surface area contributed by atoms with Crippen molar-refractivity contribution in [3.05, 3.63) is 109 Å². The van der Waals surface area contributed by atoms with Crippen molar-refractivity contribution in [1.29, 1.82) is 0 Å². The third kappa shape index (κ3) is 56.4. The first-order valence-electron chi connectivity index (χ1n) is 38.1. The molecule has 1 aliphatic rings. The minimum atomic E-state index is -1.56. The van der Waals surface area contributed by atoms with E-state index in [9.17, 15) is 30.3 Å². The van der Waals surface area contributed by atoms with Gasteiger partial charge in [0, 0.05) is 6.42 Å². The summed E-state index contributed by atoms with van der Waals surface area (Å²) >= 11 is 0. The lowest BCUT2D eigenvalue weighted by atomic mass is 9.99. The molecule has 0 saturated carbocycles. The largest absolute Gasteiger partial charge is 0.394 e. The van der Waals surface area contributed by atoms with Gasteiger partial charge in [-0.25, -0.2) is 0 Å². The van der Waals surface area contributed by atoms with E-state index in [2.05, 4.69) is 129 Å². The Bertz CT molecular complexity index is 1800. The van der Waals surface area contributed by atoms with Crippen molar-refractivity contribution in [2.45, 2.75) is 384 Å². The second-order valence-electron chi connectivity index (χ2n) is 26.1. The minimum absolute atomic E-state index is 0.142. The summed E-state index contributed by atoms with van der Waals surface area (Å²) in [6, 6.07) is -0.729. The van der Waals surface area contributed by atoms with Crippen LogP contribution in [0.15, 0.2) is 109 Å². The predicted octanol–water partition coefficient (Wildman–Crippen LogP) is 21.6. The maximum absolute atomic E-state index is 13.2. The van der Waals surface area contributed by atoms with Gasteiger partial charge in [0.15, 0.2) is 6.29 Å². The van der Waals surface area contributed by atoms with E-state index in [0.717, 1.165) is 103 Å². The van der Waals surface area contributed by atoms with Gasteiger partial charge in [-0.15, -0.1) is 0 Å². The third-order valence-corrected chi connectivity index (χ3v) is 17.6. The summed E-state index contributed by atoms with van der Waals surface area (Å²) in [7, 11) is 0. The van der Waals surface area contributed by atoms with Gasteiger partial charge >= 0.3 is 0 Å². The van der Waals surface area contributed by atoms with Crippen molar-refractivity contribution >= 4 is 5.91 Å². The van der Waals surface area contributed by atoms with E-state index in [0.29, 0.717) is 12.8 Å². The number of carbonyl (C=O) groups is 1. The van der Waals surface area contributed by atoms with Crippen molar-refractivity contribution in [2.24, 2.45) is 0 Å². The number of ether oxygens (including phenoxy) is 2. The van der Waals surface area contributed by atoms with Crippen molar-refractivity contribution in [3.8, 4) is 0 Å². The van der Waals surface area contributed by atoms with Gasteiger partial charge in [-0.3, -0.25) is 4.79 Å². The van der Waals surface area contributed by atoms with Crippen LogP contribution in [0.3, 0.4) is 0 Å². The average molecular weight is 1260 g/mol. The van der Waals surface area contributed by atoms with Crippen molar-refractivity contribution in [2.75, 3.05) is 13.2 Å². The van der Waals surface area contributed by atoms with Gasteiger partial charge in [0.05, 0.1) is 25.4 Å². The van der Waals surface area contributed by atoms with Crippen LogP contribution in [0.2, 0.25) is 0 Å². The monoisotopic (exact) mass is 1260 g/mol. The molecule has 0 spiro atoms. The summed E-state index contributed by atoms with van der Waals surface area (Å²) < 4.78 is 11.4. The Morgan fingerprint density at radius 2 is 0.689 bits per heavy atom. The van der Waals surface area contributed by atoms with E-state index in [1.807, 2.05) is 0 Å². The highest BCUT2D eigenvalue weighted by atomic mass is 16.7. The van der Waals surface area contributed by atoms with Crippen LogP contribution in [0, 0.1) is 0 Å². The molecule has 1 heterocycles. The molecule has 1 saturated heterocycles. The minimum Gasteiger partial charge on any atom is -0.394 e. The van der Waals surface area contributed by atoms with Crippen LogP contribution < -0.4 is 5.32 Å². The molecule has 1 rings (SSSR count). The summed E-state index contributed by atoms with van der Waals surface area (Å²) in [5, 5.41) is 55.0. The predicted molar refractivity (Wildman–Crippen MR) is 387 cm³/mol. The van der Waals surface area contributed by atoms with Crippen LogP contribution in [-0.2, 0) is 14.3 Å². The highest BCUT2D eigenvalue weighted by molar-refractivity contribution is 5.76. The summed E-state index contributed by atoms with van der Waals surface area (Å²) in [5.74, 6) is -0.147. The Labute approximate surface area is 555 Å². The number of aliphatic hydroxyl groups excluding tert-OH is 5. The first kappa shape index (κ1) is 84.9. The molecule has 1 amide bonds. The van der Waals surface area contributed by atoms with Crippen LogP contribution in [0.25, 0.3) is 0 Å². The summed E-state index contributed by atoms with van der Waals surface area (Å²) in [6.45, 7) is 3.76. The summed E-state index contributed by atoms with van der Waals surface area (Å²) in [4.78, 5) is 13.2. The van der Waals surface area contributed by atoms with Crippen molar-refractivity contribution in [3.63, 3.8) is 0 Å². The first-order chi connectivity index (χ1) is 44.3. The molecule has 0 aromatic rings. The second-order valence-corrected chi connectivity index (χ2v) is 26.1. The molecule has 1 aliphatic heterocycles. The molecule has 0 bridgehead atoms. The maximum Gasteiger partial charge on any atom is 0.220 e. The van der Waals surface area contributed by atoms with Gasteiger partial charge in [0.25, 0.3) is 0 Å². The SMILES string of the molecule is CC/C=C\C/C=C\C/C=C\C/C=C\C/C=C\C/C=C\C/C=C\C/C=C\C/C=C\CCCCCCCCCCCCCC(=O)NC(COC1OC(CO)C(O)C(O)C1O)C(O)CCCCCCCCCCCCCCCCCCCCCCCCCCCCCC. The van der Waals surface area contributed by atoms with Gasteiger partial charge in [-0.05, 0) is 83.5 Å². The fourth-order valence-corrected chi connectivity index (χ4v) is 11.7. The van der Waals surface area contributed by atoms with Gasteiger partial charge in [0.1, 0.15) is 24.4 Å². The van der Waals surface area contributed by atoms with Gasteiger partial charge in [-0.2, -0.15) is 0 Å². The number of nitrogens with one attached hydrogen (secondary N) is 1. The maximum atomic E-state index is 13.2. The quantitative estimate of drug-likeness (QED) is 0.0261. The fourth-order valence-electron chi connectivity index (χ4n) is 11.7. The van der Waals surface area contributed by atoms with Crippen LogP contribution in [0.1, 0.15) is 341 Å². The smallest absolute Gasteiger partial charge is 0.220 e. The zero-order valence-corrected chi connectivity index (χ0v) is 58.4. The molecule has 9 nitrogen and oxygen atoms in total. The molecule has 0 radical (unpaired) electrons. The van der Waals surface area contributed by atoms with Gasteiger partial charge in [-0.1, -0.05) is 361 Å². The number of hydrogen-bond acceptors (Lipinski definition) is 8. The van der Waals surface area contributed by atoms with Crippen LogP contribution in [0.4, 0.5) is 0 Å². The van der Waals surface area contributed by atoms with Gasteiger partial charge in [0.2, 0.25) is 5.91 Å². The second kappa shape index (κ2) is 68.7. The Kier molecular flexibility index (Phi) is 64.8. The van der Waals surface area contributed by atoms with E-state index in [1.165, 1.54) is 212 Å². The van der Waals surface area contributed by atoms with E-state index in [-0.39, 0.29) is 12.5 Å². The van der Waals surface area contributed by atoms with E-state index in [4.69, 9.17) is 9.47 Å². The molecule has 0 aromatic heterocycles. The van der Waals surface area contributed by atoms with Gasteiger partial charge < -0.3 is 40.3 Å². The normalized spacial score (nSPS) is 18.4. The molecule has 520 valence electrons. The van der Waals surface area contributed by atoms with E-state index >= 15 is 0 Å². The highest BCUT2D eigenvalue weighted by Crippen LogP contribution is 2.24. The average Bonchev–Trinajstić information content (AvgIpc) is 2.75. The molecular weight excluding hydrogens is 1110 g/mol. The van der Waals surface area contributed by atoms with Crippen LogP contribution in [-0.4, -0.2) is 87.5 Å². The number of hydrogen-bond donors (Lipinski definition) is 6. The molecule has 7 unspecified atom stereocenters. The number of rotatable bonds is 66. The Balaban J connectivity index is 2.11. The summed E-state index contributed by atoms with van der Waals surface area (Å²) in [6.07, 6.45) is 94.5. The molecule has 0 aromatic carbocycles. The Morgan fingerprint density at radius 1 is 0.389 bits per heavy atom. The topological polar surface area (TPSA) is 149 Å². The molecule has 0 aliphatic carbocycles. The molecule has 7 atom stereocenters. The molecule has 90 heavy (non-hydrogen) atoms. The lowest BCUT2D eigenvalue weighted by Gasteiger charge is -2.40. The zero-order valence-electron chi connectivity index (χ0n) is 58.4. The Morgan fingerprint density at radius 3 is 1.02 bits per heavy atom. The van der Waals surface area contributed by atoms with Crippen molar-refractivity contribution < 1.29 is 39.8 Å². The number of amides is 1. The molecule has 6 N–H and O–H groups in total. The van der Waals surface area contributed by atoms with Crippen LogP contribution >= 0.6 is 0 Å². The lowest BCUT2D eigenvalue weighted by Crippen LogP contribution is -2.60. The number of aliphatic hydroxyl groups is 5. The third-order valence-electron chi connectivity index (χ3n) is 17.6. The highest BCUT2D eigenvalue weighted by Gasteiger charge is 2.44. The standard InChI is InChI=1S/C81H143NO8/c1-3-5-7-9-11-13-15-17-19-21-23-25-27-29-31-33-34-35-36-37-38-39-40-41-42-43-45-47-49-51-53-55-57-59-61-63-65-67-69-71-77(85)82-74(73-89-81-80(88)79(87)78(86)76(72-83)90-81)75(84)70-68-66-64-62-60-58-56-54-52-50-48-46-44-32-30-28-26-24-22-20-18-16-14-12-10-8-6-4-2/h5,7,11,13,17,19,23,25,29,31,34-35,37-38,40-41,43,45,74-76,78-81,83-84,86-88H,3-4,6,8-10,12,14-16,18,20-22,24,26-28,30,32-33,36,39,42,44,46-73H2,1-2H3,(H,82,85)/b7-5-,13-11-,19-17-,25-23-,31-29-,35-34-,38-37-,41-40-,45-43-. The summed E-state index contributed by atoms with van der Waals surface area (Å²) in [5.41, 5.74) is 0. The molecule has 1 fully saturated rings. The van der Waals surface area contributed by atoms with Crippen LogP contribution in [0.5, 0.6) is 0 Å². The fraction of sp³-hybridized carbons (Fsp3) is 0.765. The number of unbranched alkanes of at least 4 members (excludes halogenated alkanes) is 38. The number of allylic oxidation sites excluding steroid dienone is 18.